The van der Waals surface area contributed by atoms with E-state index >= 15 is 0 Å². The van der Waals surface area contributed by atoms with Gasteiger partial charge < -0.3 is 14.8 Å². The lowest BCUT2D eigenvalue weighted by atomic mass is 10.2. The van der Waals surface area contributed by atoms with Gasteiger partial charge in [0.15, 0.2) is 0 Å². The van der Waals surface area contributed by atoms with Gasteiger partial charge in [-0.2, -0.15) is 0 Å². The lowest BCUT2D eigenvalue weighted by Gasteiger charge is -2.12. The number of carbonyl (C=O) groups excluding carboxylic acids is 1. The minimum Gasteiger partial charge on any atom is -0.480 e. The monoisotopic (exact) mass is 364 g/mol. The molecule has 0 unspecified atom stereocenters. The summed E-state index contributed by atoms with van der Waals surface area (Å²) in [4.78, 5) is 23.2. The van der Waals surface area contributed by atoms with E-state index < -0.39 is 27.4 Å². The number of carbonyl (C=O) groups is 2. The van der Waals surface area contributed by atoms with Crippen molar-refractivity contribution >= 4 is 21.9 Å². The van der Waals surface area contributed by atoms with Crippen LogP contribution in [0.1, 0.15) is 29.0 Å². The molecule has 0 spiro atoms. The summed E-state index contributed by atoms with van der Waals surface area (Å²) in [5.41, 5.74) is -0.996. The third-order valence-corrected chi connectivity index (χ3v) is 5.37. The maximum atomic E-state index is 12.2. The maximum absolute atomic E-state index is 12.2. The van der Waals surface area contributed by atoms with Crippen LogP contribution in [0, 0.1) is 0 Å². The van der Waals surface area contributed by atoms with Crippen LogP contribution in [0.25, 0.3) is 0 Å². The number of aliphatic carboxylic acids is 1. The van der Waals surface area contributed by atoms with E-state index in [-0.39, 0.29) is 17.0 Å². The number of hydrogen-bond acceptors (Lipinski definition) is 5. The van der Waals surface area contributed by atoms with Gasteiger partial charge in [0.05, 0.1) is 17.7 Å². The first-order chi connectivity index (χ1) is 11.8. The fourth-order valence-electron chi connectivity index (χ4n) is 2.25. The summed E-state index contributed by atoms with van der Waals surface area (Å²) in [6, 6.07) is 8.57. The highest BCUT2D eigenvalue weighted by Crippen LogP contribution is 2.35. The molecule has 0 aliphatic heterocycles. The second-order valence-electron chi connectivity index (χ2n) is 5.77. The van der Waals surface area contributed by atoms with Crippen LogP contribution in [-0.2, 0) is 21.4 Å². The molecule has 3 rings (SSSR count). The van der Waals surface area contributed by atoms with Gasteiger partial charge in [0.1, 0.15) is 11.3 Å². The molecule has 1 amide bonds. The second-order valence-corrected chi connectivity index (χ2v) is 7.54. The van der Waals surface area contributed by atoms with Crippen molar-refractivity contribution < 1.29 is 27.5 Å². The van der Waals surface area contributed by atoms with E-state index in [2.05, 4.69) is 10.0 Å². The van der Waals surface area contributed by atoms with Crippen LogP contribution in [0.4, 0.5) is 0 Å². The second kappa shape index (κ2) is 6.34. The molecule has 9 heteroatoms. The number of amides is 1. The van der Waals surface area contributed by atoms with E-state index in [0.29, 0.717) is 18.6 Å². The Labute approximate surface area is 143 Å². The quantitative estimate of drug-likeness (QED) is 0.676. The summed E-state index contributed by atoms with van der Waals surface area (Å²) in [5.74, 6) is -1.14. The number of sulfonamides is 1. The van der Waals surface area contributed by atoms with Gasteiger partial charge in [0, 0.05) is 5.56 Å². The number of nitrogens with one attached hydrogen (secondary N) is 2. The zero-order valence-electron chi connectivity index (χ0n) is 13.1. The number of carboxylic acid groups (broad SMARTS) is 1. The summed E-state index contributed by atoms with van der Waals surface area (Å²) in [7, 11) is -3.75. The Kier molecular flexibility index (Phi) is 4.36. The van der Waals surface area contributed by atoms with E-state index in [1.54, 1.807) is 12.1 Å². The van der Waals surface area contributed by atoms with Crippen LogP contribution in [0.3, 0.4) is 0 Å². The minimum atomic E-state index is -3.75. The number of carboxylic acids is 1. The molecule has 0 atom stereocenters. The summed E-state index contributed by atoms with van der Waals surface area (Å²) >= 11 is 0. The van der Waals surface area contributed by atoms with E-state index in [4.69, 9.17) is 9.52 Å². The van der Waals surface area contributed by atoms with Crippen LogP contribution in [0.2, 0.25) is 0 Å². The Bertz CT molecular complexity index is 883. The zero-order valence-corrected chi connectivity index (χ0v) is 13.9. The van der Waals surface area contributed by atoms with Crippen LogP contribution in [0.5, 0.6) is 0 Å². The number of benzene rings is 1. The van der Waals surface area contributed by atoms with Crippen molar-refractivity contribution in [3.8, 4) is 0 Å². The van der Waals surface area contributed by atoms with Crippen LogP contribution >= 0.6 is 0 Å². The van der Waals surface area contributed by atoms with Crippen LogP contribution in [0.15, 0.2) is 52.0 Å². The van der Waals surface area contributed by atoms with E-state index in [0.717, 1.165) is 0 Å². The van der Waals surface area contributed by atoms with Gasteiger partial charge in [-0.15, -0.1) is 0 Å². The first kappa shape index (κ1) is 17.2. The first-order valence-electron chi connectivity index (χ1n) is 7.50. The molecule has 1 aromatic heterocycles. The SMILES string of the molecule is O=C(NC1(C(=O)O)CC1)c1ccc(S(=O)(=O)NCc2ccco2)cc1. The molecule has 1 aliphatic rings. The maximum Gasteiger partial charge on any atom is 0.329 e. The zero-order chi connectivity index (χ0) is 18.1. The smallest absolute Gasteiger partial charge is 0.329 e. The van der Waals surface area contributed by atoms with Gasteiger partial charge in [-0.25, -0.2) is 17.9 Å². The third kappa shape index (κ3) is 3.72. The molecule has 132 valence electrons. The molecule has 1 heterocycles. The van der Waals surface area contributed by atoms with E-state index in [9.17, 15) is 18.0 Å². The Morgan fingerprint density at radius 3 is 2.36 bits per heavy atom. The Morgan fingerprint density at radius 2 is 1.84 bits per heavy atom. The molecular weight excluding hydrogens is 348 g/mol. The van der Waals surface area contributed by atoms with Crippen molar-refractivity contribution in [2.45, 2.75) is 29.8 Å². The Hall–Kier alpha value is -2.65. The van der Waals surface area contributed by atoms with Crippen molar-refractivity contribution in [1.29, 1.82) is 0 Å². The molecule has 8 nitrogen and oxygen atoms in total. The van der Waals surface area contributed by atoms with Gasteiger partial charge >= 0.3 is 5.97 Å². The molecule has 0 saturated heterocycles. The molecule has 2 aromatic rings. The number of hydrogen-bond donors (Lipinski definition) is 3. The largest absolute Gasteiger partial charge is 0.480 e. The lowest BCUT2D eigenvalue weighted by Crippen LogP contribution is -2.43. The molecule has 1 aliphatic carbocycles. The van der Waals surface area contributed by atoms with E-state index in [1.807, 2.05) is 0 Å². The van der Waals surface area contributed by atoms with Gasteiger partial charge in [-0.1, -0.05) is 0 Å². The van der Waals surface area contributed by atoms with Crippen LogP contribution in [-0.4, -0.2) is 30.9 Å². The third-order valence-electron chi connectivity index (χ3n) is 3.96. The molecule has 25 heavy (non-hydrogen) atoms. The highest BCUT2D eigenvalue weighted by atomic mass is 32.2. The molecule has 1 fully saturated rings. The van der Waals surface area contributed by atoms with E-state index in [1.165, 1.54) is 30.5 Å². The van der Waals surface area contributed by atoms with Gasteiger partial charge in [-0.3, -0.25) is 4.79 Å². The highest BCUT2D eigenvalue weighted by Gasteiger charge is 2.51. The Balaban J connectivity index is 1.67. The number of furan rings is 1. The van der Waals surface area contributed by atoms with Gasteiger partial charge in [0.25, 0.3) is 5.91 Å². The Morgan fingerprint density at radius 1 is 1.16 bits per heavy atom. The average Bonchev–Trinajstić information content (AvgIpc) is 3.18. The predicted molar refractivity (Wildman–Crippen MR) is 86.2 cm³/mol. The predicted octanol–water partition coefficient (Wildman–Crippen LogP) is 1.11. The summed E-state index contributed by atoms with van der Waals surface area (Å²) in [6.45, 7) is 0.0126. The van der Waals surface area contributed by atoms with Gasteiger partial charge in [0.2, 0.25) is 10.0 Å². The number of rotatable bonds is 7. The van der Waals surface area contributed by atoms with Crippen molar-refractivity contribution in [3.63, 3.8) is 0 Å². The average molecular weight is 364 g/mol. The molecular formula is C16H16N2O6S. The lowest BCUT2D eigenvalue weighted by molar-refractivity contribution is -0.140. The van der Waals surface area contributed by atoms with Crippen molar-refractivity contribution in [1.82, 2.24) is 10.0 Å². The molecule has 1 aromatic carbocycles. The van der Waals surface area contributed by atoms with Crippen molar-refractivity contribution in [3.05, 3.63) is 54.0 Å². The standard InChI is InChI=1S/C16H16N2O6S/c19-14(18-16(7-8-16)15(20)21)11-3-5-13(6-4-11)25(22,23)17-10-12-2-1-9-24-12/h1-6,9,17H,7-8,10H2,(H,18,19)(H,20,21). The van der Waals surface area contributed by atoms with Crippen molar-refractivity contribution in [2.75, 3.05) is 0 Å². The molecule has 0 bridgehead atoms. The fraction of sp³-hybridized carbons (Fsp3) is 0.250. The van der Waals surface area contributed by atoms with Crippen molar-refractivity contribution in [2.24, 2.45) is 0 Å². The normalized spacial score (nSPS) is 15.5. The summed E-state index contributed by atoms with van der Waals surface area (Å²) < 4.78 is 31.9. The van der Waals surface area contributed by atoms with Gasteiger partial charge in [-0.05, 0) is 49.2 Å². The van der Waals surface area contributed by atoms with Crippen LogP contribution < -0.4 is 10.0 Å². The first-order valence-corrected chi connectivity index (χ1v) is 8.99. The summed E-state index contributed by atoms with van der Waals surface area (Å²) in [5, 5.41) is 11.5. The topological polar surface area (TPSA) is 126 Å². The fourth-order valence-corrected chi connectivity index (χ4v) is 3.25. The highest BCUT2D eigenvalue weighted by molar-refractivity contribution is 7.89. The molecule has 3 N–H and O–H groups in total. The summed E-state index contributed by atoms with van der Waals surface area (Å²) in [6.07, 6.45) is 2.22. The molecule has 1 saturated carbocycles. The molecule has 0 radical (unpaired) electrons. The minimum absolute atomic E-state index is 0.00465.